The second kappa shape index (κ2) is 16.6. The van der Waals surface area contributed by atoms with Gasteiger partial charge in [0.2, 0.25) is 0 Å². The molecule has 0 amide bonds. The van der Waals surface area contributed by atoms with Crippen molar-refractivity contribution in [1.82, 2.24) is 9.88 Å². The van der Waals surface area contributed by atoms with Crippen LogP contribution in [-0.4, -0.2) is 57.1 Å². The van der Waals surface area contributed by atoms with E-state index >= 15 is 0 Å². The van der Waals surface area contributed by atoms with Crippen LogP contribution >= 0.6 is 0 Å². The summed E-state index contributed by atoms with van der Waals surface area (Å²) in [5, 5.41) is 38.9. The number of rotatable bonds is 2. The van der Waals surface area contributed by atoms with Crippen molar-refractivity contribution in [3.05, 3.63) is 112 Å². The Kier molecular flexibility index (Phi) is 11.0. The summed E-state index contributed by atoms with van der Waals surface area (Å²) < 4.78 is 22.6. The minimum absolute atomic E-state index is 0.0138. The number of hydrogen-bond donors (Lipinski definition) is 5. The van der Waals surface area contributed by atoms with Gasteiger partial charge in [-0.15, -0.1) is 0 Å². The van der Waals surface area contributed by atoms with Crippen LogP contribution in [0.1, 0.15) is 117 Å². The number of aromatic hydroxyl groups is 1. The fourth-order valence-electron chi connectivity index (χ4n) is 12.1. The van der Waals surface area contributed by atoms with E-state index in [2.05, 4.69) is 77.4 Å². The molecule has 2 fully saturated rings. The zero-order chi connectivity index (χ0) is 41.7. The molecule has 9 nitrogen and oxygen atoms in total. The molecule has 1 aromatic heterocycles. The summed E-state index contributed by atoms with van der Waals surface area (Å²) in [5.74, 6) is 8.74. The number of nitrogens with zero attached hydrogens (tertiary/aromatic N) is 1. The van der Waals surface area contributed by atoms with E-state index in [4.69, 9.17) is 19.9 Å². The van der Waals surface area contributed by atoms with Gasteiger partial charge >= 0.3 is 0 Å². The second-order valence-corrected chi connectivity index (χ2v) is 18.8. The molecule has 5 heterocycles. The number of aryl methyl sites for hydroxylation is 2. The smallest absolute Gasteiger partial charge is 0.161 e. The van der Waals surface area contributed by atoms with Crippen molar-refractivity contribution in [3.63, 3.8) is 0 Å². The Hall–Kier alpha value is -4.56. The maximum Gasteiger partial charge on any atom is 0.161 e. The Labute approximate surface area is 360 Å². The van der Waals surface area contributed by atoms with Crippen LogP contribution in [-0.2, 0) is 40.9 Å². The van der Waals surface area contributed by atoms with Crippen LogP contribution in [0.4, 0.5) is 0 Å². The number of phenolic OH excluding ortho intramolecular Hbond substituents is 1. The highest BCUT2D eigenvalue weighted by Gasteiger charge is 2.58. The van der Waals surface area contributed by atoms with Gasteiger partial charge in [-0.1, -0.05) is 68.4 Å². The lowest BCUT2D eigenvalue weighted by atomic mass is 9.51. The number of dihydropyridines is 1. The average Bonchev–Trinajstić information content (AvgIpc) is 3.70. The number of fused-ring (bicyclic) bond motifs is 10. The first kappa shape index (κ1) is 40.5. The first-order chi connectivity index (χ1) is 29.7. The van der Waals surface area contributed by atoms with E-state index in [0.29, 0.717) is 49.7 Å². The molecule has 4 aromatic rings. The van der Waals surface area contributed by atoms with E-state index in [1.807, 2.05) is 12.1 Å². The number of ether oxygens (including phenoxy) is 3. The van der Waals surface area contributed by atoms with Gasteiger partial charge in [0.1, 0.15) is 12.4 Å². The molecule has 9 heteroatoms. The second-order valence-electron chi connectivity index (χ2n) is 18.8. The molecule has 6 atom stereocenters. The number of phenols is 1. The lowest BCUT2D eigenvalue weighted by Crippen LogP contribution is -2.59. The Balaban J connectivity index is 1.18. The third-order valence-electron chi connectivity index (χ3n) is 15.1. The van der Waals surface area contributed by atoms with E-state index in [-0.39, 0.29) is 42.0 Å². The summed E-state index contributed by atoms with van der Waals surface area (Å²) in [6.07, 6.45) is 18.2. The van der Waals surface area contributed by atoms with Crippen LogP contribution in [0.15, 0.2) is 78.1 Å². The van der Waals surface area contributed by atoms with Crippen molar-refractivity contribution in [3.8, 4) is 23.3 Å². The highest BCUT2D eigenvalue weighted by molar-refractivity contribution is 5.88. The number of hydrogen-bond acceptors (Lipinski definition) is 8. The molecule has 61 heavy (non-hydrogen) atoms. The normalized spacial score (nSPS) is 28.9. The van der Waals surface area contributed by atoms with Gasteiger partial charge in [0.15, 0.2) is 11.5 Å². The van der Waals surface area contributed by atoms with E-state index in [0.717, 1.165) is 90.2 Å². The molecule has 1 spiro atoms. The monoisotopic (exact) mass is 823 g/mol. The molecular weight excluding hydrogens is 763 g/mol. The van der Waals surface area contributed by atoms with Gasteiger partial charge in [0.05, 0.1) is 37.2 Å². The van der Waals surface area contributed by atoms with Crippen LogP contribution in [0.5, 0.6) is 11.5 Å². The molecule has 320 valence electrons. The van der Waals surface area contributed by atoms with E-state index < -0.39 is 12.3 Å². The zero-order valence-electron chi connectivity index (χ0n) is 35.6. The van der Waals surface area contributed by atoms with Crippen molar-refractivity contribution >= 4 is 16.6 Å². The van der Waals surface area contributed by atoms with Crippen LogP contribution in [0.2, 0.25) is 0 Å². The van der Waals surface area contributed by atoms with Gasteiger partial charge in [-0.05, 0) is 128 Å². The molecule has 6 aliphatic rings. The molecule has 1 unspecified atom stereocenters. The SMILES string of the molecule is C[C@H]1C#CC2=CC(N)NC3=C2CO[C@@H](CCC1)C[C@H](O)CCc1cc(c(O)cc1CO)OCc1cc([C@]24CCOC5(CCCCC5)[C@H]2CCc2ccccc24)cc2cn3cc12. The fraction of sp³-hybridized carbons (Fsp3) is 0.500. The number of aliphatic hydroxyl groups excluding tert-OH is 2. The van der Waals surface area contributed by atoms with E-state index in [9.17, 15) is 15.3 Å². The third-order valence-corrected chi connectivity index (χ3v) is 15.1. The van der Waals surface area contributed by atoms with E-state index in [1.165, 1.54) is 36.0 Å². The summed E-state index contributed by atoms with van der Waals surface area (Å²) in [6, 6.07) is 17.4. The van der Waals surface area contributed by atoms with Gasteiger partial charge in [-0.2, -0.15) is 0 Å². The quantitative estimate of drug-likeness (QED) is 0.128. The topological polar surface area (TPSA) is 131 Å². The fourth-order valence-corrected chi connectivity index (χ4v) is 12.1. The molecule has 6 N–H and O–H groups in total. The number of benzene rings is 3. The van der Waals surface area contributed by atoms with Gasteiger partial charge in [0.25, 0.3) is 0 Å². The summed E-state index contributed by atoms with van der Waals surface area (Å²) in [5.41, 5.74) is 14.8. The van der Waals surface area contributed by atoms with Crippen molar-refractivity contribution in [2.24, 2.45) is 17.6 Å². The summed E-state index contributed by atoms with van der Waals surface area (Å²) in [4.78, 5) is 0. The number of nitrogens with two attached hydrogens (primary N) is 1. The number of nitrogens with one attached hydrogen (secondary N) is 1. The summed E-state index contributed by atoms with van der Waals surface area (Å²) in [7, 11) is 0. The van der Waals surface area contributed by atoms with Crippen molar-refractivity contribution < 1.29 is 29.5 Å². The zero-order valence-corrected chi connectivity index (χ0v) is 35.6. The average molecular weight is 824 g/mol. The lowest BCUT2D eigenvalue weighted by molar-refractivity contribution is -0.166. The molecule has 0 radical (unpaired) electrons. The highest BCUT2D eigenvalue weighted by atomic mass is 16.5. The Morgan fingerprint density at radius 2 is 1.77 bits per heavy atom. The Morgan fingerprint density at radius 1 is 0.918 bits per heavy atom. The van der Waals surface area contributed by atoms with Crippen LogP contribution < -0.4 is 15.8 Å². The first-order valence-corrected chi connectivity index (χ1v) is 23.0. The third kappa shape index (κ3) is 7.48. The van der Waals surface area contributed by atoms with Gasteiger partial charge < -0.3 is 45.1 Å². The number of aliphatic hydroxyl groups is 2. The van der Waals surface area contributed by atoms with Gasteiger partial charge in [-0.25, -0.2) is 0 Å². The molecule has 3 aromatic carbocycles. The molecule has 6 bridgehead atoms. The predicted octanol–water partition coefficient (Wildman–Crippen LogP) is 8.28. The summed E-state index contributed by atoms with van der Waals surface area (Å²) >= 11 is 0. The standard InChI is InChI=1S/C52H61N3O6/c1-33-8-7-10-42-27-41(57)16-14-35-25-47(46(58)24-38(35)30-56)60-31-39-23-40(22-37-28-55(29-43(37)39)50-44(32-59-42)36(13-12-33)26-49(53)54-50)52-20-21-61-51(18-5-2-6-19-51)48(52)17-15-34-9-3-4-11-45(34)52/h3-4,9,11,22-26,28-29,33,41-42,48-49,54,56-58H,2,5-8,10,14-21,27,30-32,53H2,1H3/t33-,41-,42+,48-,49?,52+/m1/s1. The largest absolute Gasteiger partial charge is 0.504 e. The van der Waals surface area contributed by atoms with Crippen LogP contribution in [0, 0.1) is 23.7 Å². The van der Waals surface area contributed by atoms with E-state index in [1.54, 1.807) is 6.07 Å². The number of aromatic nitrogens is 1. The molecular formula is C52H61N3O6. The van der Waals surface area contributed by atoms with Crippen molar-refractivity contribution in [2.75, 3.05) is 13.2 Å². The lowest BCUT2D eigenvalue weighted by Gasteiger charge is -2.59. The van der Waals surface area contributed by atoms with Gasteiger partial charge in [0, 0.05) is 58.2 Å². The predicted molar refractivity (Wildman–Crippen MR) is 238 cm³/mol. The molecule has 10 rings (SSSR count). The minimum atomic E-state index is -0.623. The Bertz CT molecular complexity index is 2430. The van der Waals surface area contributed by atoms with Crippen molar-refractivity contribution in [1.29, 1.82) is 0 Å². The Morgan fingerprint density at radius 3 is 2.64 bits per heavy atom. The molecule has 4 aliphatic heterocycles. The molecule has 2 aliphatic carbocycles. The maximum atomic E-state index is 11.5. The van der Waals surface area contributed by atoms with Crippen molar-refractivity contribution in [2.45, 2.75) is 139 Å². The molecule has 1 saturated carbocycles. The maximum absolute atomic E-state index is 11.5. The van der Waals surface area contributed by atoms with Crippen LogP contribution in [0.25, 0.3) is 16.6 Å². The van der Waals surface area contributed by atoms with Crippen LogP contribution in [0.3, 0.4) is 0 Å². The summed E-state index contributed by atoms with van der Waals surface area (Å²) in [6.45, 7) is 3.20. The van der Waals surface area contributed by atoms with Gasteiger partial charge in [-0.3, -0.25) is 0 Å². The highest BCUT2D eigenvalue weighted by Crippen LogP contribution is 2.59. The molecule has 1 saturated heterocycles. The first-order valence-electron chi connectivity index (χ1n) is 23.0. The minimum Gasteiger partial charge on any atom is -0.504 e.